The van der Waals surface area contributed by atoms with E-state index in [4.69, 9.17) is 0 Å². The molecule has 0 bridgehead atoms. The lowest BCUT2D eigenvalue weighted by Gasteiger charge is -2.49. The second-order valence-electron chi connectivity index (χ2n) is 18.3. The van der Waals surface area contributed by atoms with Gasteiger partial charge in [-0.1, -0.05) is 89.2 Å². The highest BCUT2D eigenvalue weighted by atomic mass is 15.2. The van der Waals surface area contributed by atoms with Crippen molar-refractivity contribution in [3.63, 3.8) is 0 Å². The van der Waals surface area contributed by atoms with Gasteiger partial charge in [-0.05, 0) is 152 Å². The van der Waals surface area contributed by atoms with Crippen molar-refractivity contribution >= 4 is 0 Å². The number of nitrogens with zero attached hydrogens (tertiary/aromatic N) is 2. The zero-order chi connectivity index (χ0) is 31.0. The van der Waals surface area contributed by atoms with Gasteiger partial charge in [-0.25, -0.2) is 0 Å². The van der Waals surface area contributed by atoms with E-state index in [9.17, 15) is 0 Å². The van der Waals surface area contributed by atoms with E-state index in [2.05, 4.69) is 22.0 Å². The molecule has 0 unspecified atom stereocenters. The predicted octanol–water partition coefficient (Wildman–Crippen LogP) is 12.4. The fourth-order valence-corrected chi connectivity index (χ4v) is 12.9. The molecular formula is C44H76N2. The summed E-state index contributed by atoms with van der Waals surface area (Å²) < 4.78 is 0. The van der Waals surface area contributed by atoms with Crippen LogP contribution in [0.15, 0.2) is 12.2 Å². The van der Waals surface area contributed by atoms with Gasteiger partial charge in [0.15, 0.2) is 0 Å². The zero-order valence-electron chi connectivity index (χ0n) is 30.5. The van der Waals surface area contributed by atoms with E-state index in [1.807, 2.05) is 0 Å². The van der Waals surface area contributed by atoms with Gasteiger partial charge in [0.2, 0.25) is 0 Å². The van der Waals surface area contributed by atoms with Gasteiger partial charge < -0.3 is 0 Å². The average Bonchev–Trinajstić information content (AvgIpc) is 3.14. The lowest BCUT2D eigenvalue weighted by Crippen LogP contribution is -2.52. The third-order valence-corrected chi connectivity index (χ3v) is 15.4. The number of rotatable bonds is 9. The molecule has 262 valence electrons. The molecule has 0 heterocycles. The van der Waals surface area contributed by atoms with Gasteiger partial charge in [0.05, 0.1) is 0 Å². The van der Waals surface area contributed by atoms with E-state index in [-0.39, 0.29) is 0 Å². The summed E-state index contributed by atoms with van der Waals surface area (Å²) in [4.78, 5) is 6.35. The van der Waals surface area contributed by atoms with Gasteiger partial charge in [-0.2, -0.15) is 0 Å². The molecule has 7 aliphatic rings. The Labute approximate surface area is 286 Å². The highest BCUT2D eigenvalue weighted by molar-refractivity contribution is 5.00. The monoisotopic (exact) mass is 633 g/mol. The first-order valence-electron chi connectivity index (χ1n) is 22.0. The molecule has 0 spiro atoms. The molecule has 0 saturated heterocycles. The molecule has 0 N–H and O–H groups in total. The molecule has 7 saturated carbocycles. The summed E-state index contributed by atoms with van der Waals surface area (Å²) in [5, 5.41) is 0. The summed E-state index contributed by atoms with van der Waals surface area (Å²) in [7, 11) is 0. The van der Waals surface area contributed by atoms with Crippen LogP contribution >= 0.6 is 0 Å². The van der Waals surface area contributed by atoms with Crippen LogP contribution in [0.3, 0.4) is 0 Å². The van der Waals surface area contributed by atoms with Gasteiger partial charge in [-0.15, -0.1) is 0 Å². The third-order valence-electron chi connectivity index (χ3n) is 15.4. The minimum absolute atomic E-state index is 0.875. The zero-order valence-corrected chi connectivity index (χ0v) is 30.5. The topological polar surface area (TPSA) is 6.48 Å². The third kappa shape index (κ3) is 8.87. The molecule has 0 aliphatic heterocycles. The highest BCUT2D eigenvalue weighted by Gasteiger charge is 2.39. The number of hydrogen-bond donors (Lipinski definition) is 0. The van der Waals surface area contributed by atoms with E-state index in [0.717, 1.165) is 59.9 Å². The minimum atomic E-state index is 0.875. The molecule has 0 radical (unpaired) electrons. The Morgan fingerprint density at radius 2 is 0.478 bits per heavy atom. The van der Waals surface area contributed by atoms with Gasteiger partial charge in [-0.3, -0.25) is 9.80 Å². The molecule has 0 amide bonds. The molecule has 7 fully saturated rings. The standard InChI is InChI=1S/C44H76N2/c1-5-13-39(14-6-1)45(40-15-7-2-8-16-40)43-31-25-36(26-32-43)22-21-35-23-27-37(28-24-35)38-29-33-44(34-30-38)46(41-17-9-3-10-18-41)42-19-11-4-12-20-42/h21-22,35-44H,1-20,23-34H2/b22-21+. The molecule has 7 rings (SSSR count). The van der Waals surface area contributed by atoms with E-state index in [1.54, 1.807) is 12.8 Å². The maximum atomic E-state index is 3.19. The Hall–Kier alpha value is -0.340. The second kappa shape index (κ2) is 17.5. The van der Waals surface area contributed by atoms with E-state index in [1.165, 1.54) is 193 Å². The van der Waals surface area contributed by atoms with Crippen molar-refractivity contribution in [1.82, 2.24) is 9.80 Å². The lowest BCUT2D eigenvalue weighted by atomic mass is 9.69. The molecule has 0 aromatic heterocycles. The molecule has 46 heavy (non-hydrogen) atoms. The molecule has 2 nitrogen and oxygen atoms in total. The molecule has 7 aliphatic carbocycles. The molecule has 0 aromatic carbocycles. The first-order valence-corrected chi connectivity index (χ1v) is 22.0. The van der Waals surface area contributed by atoms with Crippen LogP contribution in [-0.2, 0) is 0 Å². The van der Waals surface area contributed by atoms with Crippen LogP contribution in [0.2, 0.25) is 0 Å². The summed E-state index contributed by atoms with van der Waals surface area (Å²) in [5.74, 6) is 3.86. The summed E-state index contributed by atoms with van der Waals surface area (Å²) in [6.45, 7) is 0. The minimum Gasteiger partial charge on any atom is -0.294 e. The Morgan fingerprint density at radius 1 is 0.239 bits per heavy atom. The smallest absolute Gasteiger partial charge is 0.0102 e. The maximum Gasteiger partial charge on any atom is 0.0102 e. The maximum absolute atomic E-state index is 3.19. The van der Waals surface area contributed by atoms with E-state index in [0.29, 0.717) is 0 Å². The summed E-state index contributed by atoms with van der Waals surface area (Å²) in [6, 6.07) is 5.54. The number of allylic oxidation sites excluding steroid dienone is 2. The fraction of sp³-hybridized carbons (Fsp3) is 0.955. The van der Waals surface area contributed by atoms with Gasteiger partial charge in [0.1, 0.15) is 0 Å². The van der Waals surface area contributed by atoms with Crippen molar-refractivity contribution in [3.05, 3.63) is 12.2 Å². The van der Waals surface area contributed by atoms with Crippen LogP contribution in [0.25, 0.3) is 0 Å². The van der Waals surface area contributed by atoms with E-state index >= 15 is 0 Å². The molecular weight excluding hydrogens is 556 g/mol. The second-order valence-corrected chi connectivity index (χ2v) is 18.3. The average molecular weight is 633 g/mol. The van der Waals surface area contributed by atoms with Crippen molar-refractivity contribution in [2.24, 2.45) is 23.7 Å². The van der Waals surface area contributed by atoms with Crippen LogP contribution in [0.4, 0.5) is 0 Å². The molecule has 2 heteroatoms. The van der Waals surface area contributed by atoms with Crippen molar-refractivity contribution in [1.29, 1.82) is 0 Å². The summed E-state index contributed by atoms with van der Waals surface area (Å²) >= 11 is 0. The van der Waals surface area contributed by atoms with Crippen LogP contribution in [0.5, 0.6) is 0 Å². The Morgan fingerprint density at radius 3 is 0.804 bits per heavy atom. The lowest BCUT2D eigenvalue weighted by molar-refractivity contribution is 0.00850. The number of hydrogen-bond acceptors (Lipinski definition) is 2. The normalized spacial score (nSPS) is 37.3. The van der Waals surface area contributed by atoms with Crippen molar-refractivity contribution in [2.45, 2.75) is 242 Å². The first kappa shape index (κ1) is 34.1. The fourth-order valence-electron chi connectivity index (χ4n) is 12.9. The highest BCUT2D eigenvalue weighted by Crippen LogP contribution is 2.44. The van der Waals surface area contributed by atoms with E-state index < -0.39 is 0 Å². The van der Waals surface area contributed by atoms with Gasteiger partial charge >= 0.3 is 0 Å². The van der Waals surface area contributed by atoms with Crippen molar-refractivity contribution < 1.29 is 0 Å². The predicted molar refractivity (Wildman–Crippen MR) is 197 cm³/mol. The van der Waals surface area contributed by atoms with Crippen LogP contribution in [0.1, 0.15) is 205 Å². The van der Waals surface area contributed by atoms with Crippen LogP contribution in [0, 0.1) is 23.7 Å². The first-order chi connectivity index (χ1) is 22.8. The Bertz CT molecular complexity index is 828. The van der Waals surface area contributed by atoms with Gasteiger partial charge in [0.25, 0.3) is 0 Å². The largest absolute Gasteiger partial charge is 0.294 e. The van der Waals surface area contributed by atoms with Crippen molar-refractivity contribution in [2.75, 3.05) is 0 Å². The Kier molecular flexibility index (Phi) is 13.0. The Balaban J connectivity index is 0.843. The summed E-state index contributed by atoms with van der Waals surface area (Å²) in [6.07, 6.45) is 53.6. The van der Waals surface area contributed by atoms with Crippen LogP contribution in [-0.4, -0.2) is 46.1 Å². The summed E-state index contributed by atoms with van der Waals surface area (Å²) in [5.41, 5.74) is 0. The van der Waals surface area contributed by atoms with Crippen LogP contribution < -0.4 is 0 Å². The molecule has 0 atom stereocenters. The van der Waals surface area contributed by atoms with Gasteiger partial charge in [0, 0.05) is 36.3 Å². The quantitative estimate of drug-likeness (QED) is 0.233. The SMILES string of the molecule is C(=C\C1CCC(N(C2CCCCC2)C2CCCCC2)CC1)/C1CCC(C2CCC(N(C3CCCCC3)C3CCCCC3)CC2)CC1. The molecule has 0 aromatic rings. The van der Waals surface area contributed by atoms with Crippen molar-refractivity contribution in [3.8, 4) is 0 Å².